The Kier molecular flexibility index (Phi) is 14.4. The highest BCUT2D eigenvalue weighted by Crippen LogP contribution is 2.57. The largest absolute Gasteiger partial charge is 0.477 e. The number of ether oxygens (including phenoxy) is 2. The number of aromatic nitrogens is 2. The monoisotopic (exact) mass is 1000 g/mol. The van der Waals surface area contributed by atoms with Crippen LogP contribution in [0.15, 0.2) is 60.7 Å². The fourth-order valence-electron chi connectivity index (χ4n) is 11.5. The zero-order valence-corrected chi connectivity index (χ0v) is 45.7. The molecule has 0 amide bonds. The van der Waals surface area contributed by atoms with Gasteiger partial charge in [-0.3, -0.25) is 0 Å². The molecule has 0 saturated heterocycles. The summed E-state index contributed by atoms with van der Waals surface area (Å²) in [5, 5.41) is 15.2. The summed E-state index contributed by atoms with van der Waals surface area (Å²) >= 11 is 7.83. The molecule has 0 spiro atoms. The van der Waals surface area contributed by atoms with Crippen LogP contribution in [0.5, 0.6) is 11.8 Å². The standard InChI is InChI=1S/C62H70N2O2S4/c1-7-13-17-19-23-39-25-31-47(67-39)49-33-43-41-27-29-45-53-51(41)55-54-46(63-61(57(55)59(43)69-49)65-35-37(11-5)21-15-9-3)30-28-42-44-34-50(48-32-26-40(68-48)24-20-18-14-8-2)70-60(44)58(56(53)52(42)54)62(64-45)66-36-38(12-6)22-16-10-4/h25-34,37-38H,7-24,35-36H2,1-6H3. The van der Waals surface area contributed by atoms with E-state index in [2.05, 4.69) is 102 Å². The molecule has 0 aliphatic heterocycles. The van der Waals surface area contributed by atoms with Crippen LogP contribution in [0.3, 0.4) is 0 Å². The molecule has 6 aromatic heterocycles. The Morgan fingerprint density at radius 2 is 0.843 bits per heavy atom. The second-order valence-electron chi connectivity index (χ2n) is 20.4. The lowest BCUT2D eigenvalue weighted by Crippen LogP contribution is -2.13. The van der Waals surface area contributed by atoms with Crippen molar-refractivity contribution in [2.24, 2.45) is 11.8 Å². The molecular formula is C62H70N2O2S4. The van der Waals surface area contributed by atoms with Crippen LogP contribution in [0.1, 0.15) is 154 Å². The third kappa shape index (κ3) is 8.68. The van der Waals surface area contributed by atoms with Crippen LogP contribution in [-0.4, -0.2) is 23.2 Å². The number of rotatable bonds is 26. The summed E-state index contributed by atoms with van der Waals surface area (Å²) < 4.78 is 16.8. The van der Waals surface area contributed by atoms with Crippen molar-refractivity contribution in [3.05, 3.63) is 70.4 Å². The fraction of sp³-hybridized carbons (Fsp3) is 0.452. The van der Waals surface area contributed by atoms with Gasteiger partial charge >= 0.3 is 0 Å². The van der Waals surface area contributed by atoms with E-state index in [-0.39, 0.29) is 0 Å². The maximum Gasteiger partial charge on any atom is 0.223 e. The number of hydrogen-bond donors (Lipinski definition) is 0. The van der Waals surface area contributed by atoms with Crippen LogP contribution in [0.4, 0.5) is 0 Å². The van der Waals surface area contributed by atoms with E-state index < -0.39 is 0 Å². The van der Waals surface area contributed by atoms with Gasteiger partial charge in [-0.15, -0.1) is 45.3 Å². The van der Waals surface area contributed by atoms with Gasteiger partial charge in [-0.25, -0.2) is 9.97 Å². The molecule has 0 aliphatic rings. The normalized spacial score (nSPS) is 13.5. The van der Waals surface area contributed by atoms with Crippen molar-refractivity contribution in [3.8, 4) is 31.3 Å². The Balaban J connectivity index is 1.18. The minimum Gasteiger partial charge on any atom is -0.477 e. The first-order chi connectivity index (χ1) is 34.5. The number of hydrogen-bond acceptors (Lipinski definition) is 8. The van der Waals surface area contributed by atoms with Gasteiger partial charge in [0.2, 0.25) is 11.8 Å². The Hall–Kier alpha value is -4.34. The predicted octanol–water partition coefficient (Wildman–Crippen LogP) is 21.0. The summed E-state index contributed by atoms with van der Waals surface area (Å²) in [6.45, 7) is 15.2. The van der Waals surface area contributed by atoms with E-state index in [9.17, 15) is 0 Å². The van der Waals surface area contributed by atoms with Gasteiger partial charge in [-0.1, -0.05) is 131 Å². The maximum absolute atomic E-state index is 7.14. The molecule has 70 heavy (non-hydrogen) atoms. The lowest BCUT2D eigenvalue weighted by molar-refractivity contribution is 0.229. The van der Waals surface area contributed by atoms with Gasteiger partial charge in [0.05, 0.1) is 35.0 Å². The van der Waals surface area contributed by atoms with E-state index in [1.165, 1.54) is 193 Å². The summed E-state index contributed by atoms with van der Waals surface area (Å²) in [5.41, 5.74) is 2.02. The van der Waals surface area contributed by atoms with Crippen LogP contribution < -0.4 is 9.47 Å². The first-order valence-electron chi connectivity index (χ1n) is 27.2. The molecule has 11 rings (SSSR count). The van der Waals surface area contributed by atoms with Gasteiger partial charge in [0.25, 0.3) is 0 Å². The zero-order valence-electron chi connectivity index (χ0n) is 42.4. The summed E-state index contributed by atoms with van der Waals surface area (Å²) in [6, 6.07) is 23.8. The van der Waals surface area contributed by atoms with Crippen LogP contribution in [0, 0.1) is 11.8 Å². The van der Waals surface area contributed by atoms with E-state index in [1.807, 2.05) is 45.3 Å². The molecule has 8 heteroatoms. The van der Waals surface area contributed by atoms with Crippen LogP contribution in [0.25, 0.3) is 105 Å². The third-order valence-electron chi connectivity index (χ3n) is 15.6. The van der Waals surface area contributed by atoms with Gasteiger partial charge in [0, 0.05) is 81.8 Å². The smallest absolute Gasteiger partial charge is 0.223 e. The van der Waals surface area contributed by atoms with Crippen molar-refractivity contribution in [1.29, 1.82) is 0 Å². The molecule has 0 N–H and O–H groups in total. The highest BCUT2D eigenvalue weighted by molar-refractivity contribution is 7.27. The number of aryl methyl sites for hydroxylation is 2. The SMILES string of the molecule is CCCCCCc1ccc(-c2cc3c4ccc5nc(OCC(CC)CCCC)c6c7sc(-c8ccc(CCCCCC)s8)cc7c7ccc8nc(OCC(CC)CCCC)c(c3s2)c2c8c7c6c5c42)s1. The average molecular weight is 1000 g/mol. The van der Waals surface area contributed by atoms with Crippen molar-refractivity contribution in [3.63, 3.8) is 0 Å². The van der Waals surface area contributed by atoms with Crippen LogP contribution in [0.2, 0.25) is 0 Å². The fourth-order valence-corrected chi connectivity index (χ4v) is 16.2. The second-order valence-corrected chi connectivity index (χ2v) is 24.9. The van der Waals surface area contributed by atoms with E-state index in [0.29, 0.717) is 25.0 Å². The molecule has 2 atom stereocenters. The molecule has 11 aromatic rings. The molecule has 0 saturated carbocycles. The number of unbranched alkanes of at least 4 members (excludes halogenated alkanes) is 8. The van der Waals surface area contributed by atoms with E-state index in [1.54, 1.807) is 0 Å². The molecule has 2 unspecified atom stereocenters. The molecule has 0 aliphatic carbocycles. The number of pyridine rings is 2. The lowest BCUT2D eigenvalue weighted by Gasteiger charge is -2.24. The lowest BCUT2D eigenvalue weighted by atomic mass is 9.83. The van der Waals surface area contributed by atoms with Gasteiger partial charge in [0.15, 0.2) is 0 Å². The van der Waals surface area contributed by atoms with Crippen molar-refractivity contribution in [2.75, 3.05) is 13.2 Å². The highest BCUT2D eigenvalue weighted by atomic mass is 32.1. The predicted molar refractivity (Wildman–Crippen MR) is 311 cm³/mol. The zero-order chi connectivity index (χ0) is 47.9. The Morgan fingerprint density at radius 3 is 1.26 bits per heavy atom. The van der Waals surface area contributed by atoms with E-state index >= 15 is 0 Å². The summed E-state index contributed by atoms with van der Waals surface area (Å²) in [7, 11) is 0. The summed E-state index contributed by atoms with van der Waals surface area (Å²) in [4.78, 5) is 19.6. The van der Waals surface area contributed by atoms with Crippen LogP contribution >= 0.6 is 45.3 Å². The highest BCUT2D eigenvalue weighted by Gasteiger charge is 2.31. The Morgan fingerprint density at radius 1 is 0.400 bits per heavy atom. The molecule has 5 aromatic carbocycles. The van der Waals surface area contributed by atoms with Gasteiger partial charge in [-0.2, -0.15) is 0 Å². The van der Waals surface area contributed by atoms with Gasteiger partial charge < -0.3 is 9.47 Å². The van der Waals surface area contributed by atoms with Crippen LogP contribution in [-0.2, 0) is 12.8 Å². The molecule has 364 valence electrons. The van der Waals surface area contributed by atoms with E-state index in [4.69, 9.17) is 19.4 Å². The molecule has 6 heterocycles. The molecule has 4 nitrogen and oxygen atoms in total. The number of fused-ring (bicyclic) bond motifs is 6. The Labute approximate surface area is 430 Å². The Bertz CT molecular complexity index is 3280. The summed E-state index contributed by atoms with van der Waals surface area (Å²) in [5.74, 6) is 2.53. The minimum absolute atomic E-state index is 0.485. The second kappa shape index (κ2) is 21.0. The van der Waals surface area contributed by atoms with Crippen molar-refractivity contribution in [2.45, 2.75) is 157 Å². The minimum atomic E-state index is 0.485. The number of benzene rings is 5. The van der Waals surface area contributed by atoms with Crippen molar-refractivity contribution >= 4 is 130 Å². The summed E-state index contributed by atoms with van der Waals surface area (Å²) in [6.07, 6.45) is 22.0. The molecule has 0 bridgehead atoms. The van der Waals surface area contributed by atoms with Crippen molar-refractivity contribution < 1.29 is 9.47 Å². The number of nitrogens with zero attached hydrogens (tertiary/aromatic N) is 2. The first kappa shape index (κ1) is 48.0. The third-order valence-corrected chi connectivity index (χ3v) is 20.6. The number of thiophene rings is 4. The molecule has 0 radical (unpaired) electrons. The maximum atomic E-state index is 7.14. The van der Waals surface area contributed by atoms with E-state index in [0.717, 1.165) is 48.5 Å². The first-order valence-corrected chi connectivity index (χ1v) is 30.5. The van der Waals surface area contributed by atoms with Gasteiger partial charge in [0.1, 0.15) is 0 Å². The quantitative estimate of drug-likeness (QED) is 0.0308. The molecule has 0 fully saturated rings. The molecular weight excluding hydrogens is 933 g/mol. The van der Waals surface area contributed by atoms with Crippen molar-refractivity contribution in [1.82, 2.24) is 9.97 Å². The average Bonchev–Trinajstić information content (AvgIpc) is 4.23. The van der Waals surface area contributed by atoms with Gasteiger partial charge in [-0.05, 0) is 110 Å². The topological polar surface area (TPSA) is 44.2 Å².